The highest BCUT2D eigenvalue weighted by Crippen LogP contribution is 2.31. The Morgan fingerprint density at radius 2 is 1.85 bits per heavy atom. The zero-order valence-corrected chi connectivity index (χ0v) is 19.9. The normalized spacial score (nSPS) is 24.3. The Kier molecular flexibility index (Phi) is 6.38. The SMILES string of the molecule is c1ccc2c(N3CCN4C[C@H](COc5ccc(CN6CCCCC6)cn5)CC[C@@H]4C3)noc2c1. The van der Waals surface area contributed by atoms with Crippen molar-refractivity contribution >= 4 is 16.8 Å². The topological polar surface area (TPSA) is 57.9 Å². The van der Waals surface area contributed by atoms with E-state index in [2.05, 4.69) is 43.0 Å². The van der Waals surface area contributed by atoms with Gasteiger partial charge in [-0.2, -0.15) is 0 Å². The predicted molar refractivity (Wildman–Crippen MR) is 133 cm³/mol. The third-order valence-corrected chi connectivity index (χ3v) is 7.78. The second kappa shape index (κ2) is 9.92. The number of benzene rings is 1. The van der Waals surface area contributed by atoms with E-state index in [0.29, 0.717) is 12.0 Å². The Morgan fingerprint density at radius 3 is 2.74 bits per heavy atom. The van der Waals surface area contributed by atoms with Gasteiger partial charge < -0.3 is 14.2 Å². The van der Waals surface area contributed by atoms with Gasteiger partial charge in [-0.15, -0.1) is 0 Å². The van der Waals surface area contributed by atoms with Crippen molar-refractivity contribution in [3.05, 3.63) is 48.2 Å². The lowest BCUT2D eigenvalue weighted by atomic mass is 9.91. The maximum Gasteiger partial charge on any atom is 0.213 e. The summed E-state index contributed by atoms with van der Waals surface area (Å²) in [4.78, 5) is 12.2. The minimum Gasteiger partial charge on any atom is -0.477 e. The summed E-state index contributed by atoms with van der Waals surface area (Å²) in [6, 6.07) is 13.0. The largest absolute Gasteiger partial charge is 0.477 e. The molecule has 3 saturated heterocycles. The minimum atomic E-state index is 0.561. The van der Waals surface area contributed by atoms with Crippen LogP contribution in [0.3, 0.4) is 0 Å². The fraction of sp³-hybridized carbons (Fsp3) is 0.556. The van der Waals surface area contributed by atoms with Crippen LogP contribution in [0, 0.1) is 5.92 Å². The highest BCUT2D eigenvalue weighted by Gasteiger charge is 2.34. The standard InChI is InChI=1S/C27H35N5O2/c1-4-12-30(13-5-1)17-21-9-11-26(28-16-21)33-20-22-8-10-23-19-32(15-14-31(23)18-22)27-24-6-2-3-7-25(24)34-29-27/h2-3,6-7,9,11,16,22-23H,1,4-5,8,10,12-15,17-20H2/t22-,23-/m1/s1. The zero-order chi connectivity index (χ0) is 22.7. The van der Waals surface area contributed by atoms with Crippen LogP contribution >= 0.6 is 0 Å². The number of para-hydroxylation sites is 1. The van der Waals surface area contributed by atoms with Crippen molar-refractivity contribution in [3.63, 3.8) is 0 Å². The molecule has 180 valence electrons. The molecule has 3 aliphatic heterocycles. The van der Waals surface area contributed by atoms with Crippen LogP contribution in [0.1, 0.15) is 37.7 Å². The molecule has 1 aromatic carbocycles. The number of rotatable bonds is 6. The molecule has 0 bridgehead atoms. The molecule has 6 rings (SSSR count). The van der Waals surface area contributed by atoms with E-state index < -0.39 is 0 Å². The molecular weight excluding hydrogens is 426 g/mol. The fourth-order valence-corrected chi connectivity index (χ4v) is 5.86. The predicted octanol–water partition coefficient (Wildman–Crippen LogP) is 4.19. The number of piperidine rings is 2. The van der Waals surface area contributed by atoms with Gasteiger partial charge in [0, 0.05) is 56.9 Å². The third-order valence-electron chi connectivity index (χ3n) is 7.78. The molecule has 2 atom stereocenters. The van der Waals surface area contributed by atoms with Crippen LogP contribution in [0.4, 0.5) is 5.82 Å². The number of hydrogen-bond donors (Lipinski definition) is 0. The Bertz CT molecular complexity index is 1080. The van der Waals surface area contributed by atoms with Crippen LogP contribution < -0.4 is 9.64 Å². The number of likely N-dealkylation sites (tertiary alicyclic amines) is 1. The number of pyridine rings is 1. The smallest absolute Gasteiger partial charge is 0.213 e. The molecular formula is C27H35N5O2. The van der Waals surface area contributed by atoms with Crippen LogP contribution in [0.2, 0.25) is 0 Å². The van der Waals surface area contributed by atoms with Crippen molar-refractivity contribution in [1.29, 1.82) is 0 Å². The average molecular weight is 462 g/mol. The van der Waals surface area contributed by atoms with Crippen molar-refractivity contribution in [2.45, 2.75) is 44.7 Å². The molecule has 0 radical (unpaired) electrons. The molecule has 5 heterocycles. The maximum absolute atomic E-state index is 6.11. The first-order chi connectivity index (χ1) is 16.8. The Balaban J connectivity index is 0.987. The van der Waals surface area contributed by atoms with Gasteiger partial charge in [-0.25, -0.2) is 4.98 Å². The molecule has 3 aromatic rings. The molecule has 3 aliphatic rings. The maximum atomic E-state index is 6.11. The zero-order valence-electron chi connectivity index (χ0n) is 19.9. The summed E-state index contributed by atoms with van der Waals surface area (Å²) < 4.78 is 11.7. The van der Waals surface area contributed by atoms with Gasteiger partial charge in [0.2, 0.25) is 5.88 Å². The lowest BCUT2D eigenvalue weighted by Gasteiger charge is -2.46. The minimum absolute atomic E-state index is 0.561. The fourth-order valence-electron chi connectivity index (χ4n) is 5.86. The molecule has 0 saturated carbocycles. The quantitative estimate of drug-likeness (QED) is 0.546. The lowest BCUT2D eigenvalue weighted by molar-refractivity contribution is 0.0716. The van der Waals surface area contributed by atoms with Crippen molar-refractivity contribution in [2.75, 3.05) is 50.8 Å². The summed E-state index contributed by atoms with van der Waals surface area (Å²) in [7, 11) is 0. The van der Waals surface area contributed by atoms with Gasteiger partial charge in [-0.3, -0.25) is 9.80 Å². The van der Waals surface area contributed by atoms with E-state index in [-0.39, 0.29) is 0 Å². The molecule has 0 aliphatic carbocycles. The molecule has 7 nitrogen and oxygen atoms in total. The van der Waals surface area contributed by atoms with E-state index in [0.717, 1.165) is 62.0 Å². The number of anilines is 1. The van der Waals surface area contributed by atoms with Gasteiger partial charge in [0.05, 0.1) is 12.0 Å². The van der Waals surface area contributed by atoms with E-state index in [1.54, 1.807) is 0 Å². The first-order valence-corrected chi connectivity index (χ1v) is 13.0. The van der Waals surface area contributed by atoms with E-state index in [4.69, 9.17) is 9.26 Å². The van der Waals surface area contributed by atoms with Crippen LogP contribution in [0.5, 0.6) is 5.88 Å². The van der Waals surface area contributed by atoms with Crippen LogP contribution in [-0.4, -0.2) is 71.9 Å². The highest BCUT2D eigenvalue weighted by molar-refractivity contribution is 5.88. The lowest BCUT2D eigenvalue weighted by Crippen LogP contribution is -2.57. The number of hydrogen-bond acceptors (Lipinski definition) is 7. The van der Waals surface area contributed by atoms with Crippen molar-refractivity contribution in [2.24, 2.45) is 5.92 Å². The molecule has 7 heteroatoms. The Hall–Kier alpha value is -2.64. The third kappa shape index (κ3) is 4.77. The second-order valence-corrected chi connectivity index (χ2v) is 10.2. The summed E-state index contributed by atoms with van der Waals surface area (Å²) in [5.41, 5.74) is 2.15. The summed E-state index contributed by atoms with van der Waals surface area (Å²) in [6.07, 6.45) is 8.40. The van der Waals surface area contributed by atoms with Gasteiger partial charge in [0.1, 0.15) is 0 Å². The van der Waals surface area contributed by atoms with Gasteiger partial charge in [-0.1, -0.05) is 29.8 Å². The molecule has 2 aromatic heterocycles. The monoisotopic (exact) mass is 461 g/mol. The van der Waals surface area contributed by atoms with E-state index in [9.17, 15) is 0 Å². The average Bonchev–Trinajstić information content (AvgIpc) is 3.33. The molecule has 0 spiro atoms. The van der Waals surface area contributed by atoms with Gasteiger partial charge >= 0.3 is 0 Å². The number of ether oxygens (including phenoxy) is 1. The summed E-state index contributed by atoms with van der Waals surface area (Å²) in [5.74, 6) is 2.31. The van der Waals surface area contributed by atoms with Crippen LogP contribution in [0.15, 0.2) is 47.1 Å². The van der Waals surface area contributed by atoms with Crippen LogP contribution in [-0.2, 0) is 6.54 Å². The Labute approximate surface area is 201 Å². The van der Waals surface area contributed by atoms with Crippen LogP contribution in [0.25, 0.3) is 11.0 Å². The first kappa shape index (κ1) is 21.9. The van der Waals surface area contributed by atoms with Crippen molar-refractivity contribution in [3.8, 4) is 5.88 Å². The Morgan fingerprint density at radius 1 is 0.941 bits per heavy atom. The summed E-state index contributed by atoms with van der Waals surface area (Å²) >= 11 is 0. The van der Waals surface area contributed by atoms with Gasteiger partial charge in [0.15, 0.2) is 11.4 Å². The number of aromatic nitrogens is 2. The van der Waals surface area contributed by atoms with Crippen molar-refractivity contribution in [1.82, 2.24) is 19.9 Å². The first-order valence-electron chi connectivity index (χ1n) is 13.0. The number of piperazine rings is 1. The second-order valence-electron chi connectivity index (χ2n) is 10.2. The summed E-state index contributed by atoms with van der Waals surface area (Å²) in [6.45, 7) is 8.35. The molecule has 0 N–H and O–H groups in total. The van der Waals surface area contributed by atoms with E-state index in [1.165, 1.54) is 50.8 Å². The number of fused-ring (bicyclic) bond motifs is 2. The van der Waals surface area contributed by atoms with E-state index in [1.807, 2.05) is 24.4 Å². The summed E-state index contributed by atoms with van der Waals surface area (Å²) in [5, 5.41) is 5.49. The molecule has 0 amide bonds. The van der Waals surface area contributed by atoms with Gasteiger partial charge in [-0.05, 0) is 56.5 Å². The van der Waals surface area contributed by atoms with E-state index >= 15 is 0 Å². The van der Waals surface area contributed by atoms with Gasteiger partial charge in [0.25, 0.3) is 0 Å². The molecule has 0 unspecified atom stereocenters. The highest BCUT2D eigenvalue weighted by atomic mass is 16.5. The van der Waals surface area contributed by atoms with Crippen molar-refractivity contribution < 1.29 is 9.26 Å². The number of nitrogens with zero attached hydrogens (tertiary/aromatic N) is 5. The molecule has 34 heavy (non-hydrogen) atoms. The molecule has 3 fully saturated rings.